The van der Waals surface area contributed by atoms with Gasteiger partial charge >= 0.3 is 0 Å². The molecule has 1 aliphatic heterocycles. The fourth-order valence-corrected chi connectivity index (χ4v) is 5.20. The lowest BCUT2D eigenvalue weighted by Gasteiger charge is -2.41. The molecule has 0 fully saturated rings. The molecule has 180 valence electrons. The van der Waals surface area contributed by atoms with Gasteiger partial charge in [-0.25, -0.2) is 4.98 Å². The molecule has 0 saturated heterocycles. The maximum absolute atomic E-state index is 5.74. The van der Waals surface area contributed by atoms with E-state index >= 15 is 0 Å². The van der Waals surface area contributed by atoms with Gasteiger partial charge in [0.2, 0.25) is 5.75 Å². The van der Waals surface area contributed by atoms with E-state index in [4.69, 9.17) is 19.2 Å². The van der Waals surface area contributed by atoms with Gasteiger partial charge < -0.3 is 19.1 Å². The number of para-hydroxylation sites is 3. The third kappa shape index (κ3) is 3.45. The van der Waals surface area contributed by atoms with Gasteiger partial charge in [0, 0.05) is 23.4 Å². The van der Waals surface area contributed by atoms with E-state index in [2.05, 4.69) is 76.2 Å². The lowest BCUT2D eigenvalue weighted by molar-refractivity contribution is 0.323. The van der Waals surface area contributed by atoms with Crippen LogP contribution < -0.4 is 19.1 Å². The molecule has 0 bridgehead atoms. The minimum Gasteiger partial charge on any atom is -0.493 e. The summed E-state index contributed by atoms with van der Waals surface area (Å²) >= 11 is 0. The summed E-state index contributed by atoms with van der Waals surface area (Å²) in [5.74, 6) is 2.76. The SMILES string of the molecule is COc1cc([C@@H]2N(Cc3ccccc3)c3ccccc3-c3nc4ccccc4n32)cc(OC)c1OC. The van der Waals surface area contributed by atoms with Gasteiger partial charge in [-0.2, -0.15) is 0 Å². The molecule has 1 atom stereocenters. The van der Waals surface area contributed by atoms with Crippen molar-refractivity contribution in [3.8, 4) is 28.6 Å². The van der Waals surface area contributed by atoms with Gasteiger partial charge in [-0.3, -0.25) is 4.57 Å². The number of methoxy groups -OCH3 is 3. The van der Waals surface area contributed by atoms with Crippen molar-refractivity contribution in [3.63, 3.8) is 0 Å². The lowest BCUT2D eigenvalue weighted by Crippen LogP contribution is -2.37. The van der Waals surface area contributed by atoms with Crippen molar-refractivity contribution in [1.29, 1.82) is 0 Å². The first kappa shape index (κ1) is 22.0. The largest absolute Gasteiger partial charge is 0.493 e. The fraction of sp³-hybridized carbons (Fsp3) is 0.167. The van der Waals surface area contributed by atoms with E-state index < -0.39 is 0 Å². The normalized spacial score (nSPS) is 14.3. The highest BCUT2D eigenvalue weighted by Gasteiger charge is 2.35. The molecule has 0 spiro atoms. The number of benzene rings is 4. The second kappa shape index (κ2) is 8.96. The molecule has 6 heteroatoms. The minimum atomic E-state index is -0.198. The Morgan fingerprint density at radius 1 is 0.750 bits per heavy atom. The second-order valence-corrected chi connectivity index (χ2v) is 8.76. The summed E-state index contributed by atoms with van der Waals surface area (Å²) in [6, 6.07) is 31.4. The molecular formula is C30H27N3O3. The first-order valence-corrected chi connectivity index (χ1v) is 11.9. The van der Waals surface area contributed by atoms with Crippen molar-refractivity contribution < 1.29 is 14.2 Å². The first-order valence-electron chi connectivity index (χ1n) is 11.9. The number of rotatable bonds is 6. The number of nitrogens with zero attached hydrogens (tertiary/aromatic N) is 3. The number of anilines is 1. The smallest absolute Gasteiger partial charge is 0.203 e. The highest BCUT2D eigenvalue weighted by molar-refractivity contribution is 5.87. The van der Waals surface area contributed by atoms with E-state index in [9.17, 15) is 0 Å². The summed E-state index contributed by atoms with van der Waals surface area (Å²) in [6.45, 7) is 0.713. The average Bonchev–Trinajstić information content (AvgIpc) is 3.32. The van der Waals surface area contributed by atoms with Crippen LogP contribution in [0.2, 0.25) is 0 Å². The van der Waals surface area contributed by atoms with Crippen molar-refractivity contribution in [2.45, 2.75) is 12.7 Å². The number of aromatic nitrogens is 2. The van der Waals surface area contributed by atoms with Gasteiger partial charge in [0.15, 0.2) is 11.5 Å². The second-order valence-electron chi connectivity index (χ2n) is 8.76. The predicted octanol–water partition coefficient (Wildman–Crippen LogP) is 6.30. The van der Waals surface area contributed by atoms with E-state index in [0.29, 0.717) is 23.8 Å². The van der Waals surface area contributed by atoms with E-state index in [1.165, 1.54) is 5.56 Å². The molecule has 0 N–H and O–H groups in total. The van der Waals surface area contributed by atoms with Gasteiger partial charge in [0.1, 0.15) is 12.0 Å². The Balaban J connectivity index is 1.66. The predicted molar refractivity (Wildman–Crippen MR) is 142 cm³/mol. The Morgan fingerprint density at radius 3 is 2.14 bits per heavy atom. The molecule has 0 unspecified atom stereocenters. The fourth-order valence-electron chi connectivity index (χ4n) is 5.20. The molecule has 1 aliphatic rings. The molecule has 6 rings (SSSR count). The van der Waals surface area contributed by atoms with Gasteiger partial charge in [0.05, 0.1) is 32.4 Å². The maximum Gasteiger partial charge on any atom is 0.203 e. The minimum absolute atomic E-state index is 0.198. The van der Waals surface area contributed by atoms with Crippen LogP contribution in [-0.4, -0.2) is 30.9 Å². The zero-order chi connectivity index (χ0) is 24.6. The molecule has 1 aromatic heterocycles. The monoisotopic (exact) mass is 477 g/mol. The van der Waals surface area contributed by atoms with Crippen LogP contribution in [0.1, 0.15) is 17.3 Å². The van der Waals surface area contributed by atoms with Crippen molar-refractivity contribution >= 4 is 16.7 Å². The molecule has 0 amide bonds. The van der Waals surface area contributed by atoms with Crippen LogP contribution in [0.25, 0.3) is 22.4 Å². The third-order valence-electron chi connectivity index (χ3n) is 6.77. The zero-order valence-corrected chi connectivity index (χ0v) is 20.5. The Kier molecular flexibility index (Phi) is 5.49. The Bertz CT molecular complexity index is 1520. The number of hydrogen-bond donors (Lipinski definition) is 0. The van der Waals surface area contributed by atoms with Crippen LogP contribution in [0, 0.1) is 0 Å². The molecule has 0 saturated carbocycles. The highest BCUT2D eigenvalue weighted by Crippen LogP contribution is 2.48. The summed E-state index contributed by atoms with van der Waals surface area (Å²) in [5, 5.41) is 0. The number of imidazole rings is 1. The van der Waals surface area contributed by atoms with E-state index in [1.54, 1.807) is 21.3 Å². The van der Waals surface area contributed by atoms with E-state index in [-0.39, 0.29) is 6.17 Å². The molecule has 5 aromatic rings. The van der Waals surface area contributed by atoms with E-state index in [1.807, 2.05) is 24.3 Å². The Labute approximate surface area is 210 Å². The third-order valence-corrected chi connectivity index (χ3v) is 6.77. The van der Waals surface area contributed by atoms with Crippen molar-refractivity contribution in [2.75, 3.05) is 26.2 Å². The molecule has 6 nitrogen and oxygen atoms in total. The molecule has 4 aromatic carbocycles. The van der Waals surface area contributed by atoms with E-state index in [0.717, 1.165) is 33.7 Å². The van der Waals surface area contributed by atoms with Crippen molar-refractivity contribution in [2.24, 2.45) is 0 Å². The topological polar surface area (TPSA) is 48.8 Å². The van der Waals surface area contributed by atoms with Crippen LogP contribution in [-0.2, 0) is 6.54 Å². The molecular weight excluding hydrogens is 450 g/mol. The Hall–Kier alpha value is -4.45. The molecule has 0 aliphatic carbocycles. The van der Waals surface area contributed by atoms with Crippen molar-refractivity contribution in [3.05, 3.63) is 102 Å². The van der Waals surface area contributed by atoms with Crippen LogP contribution in [0.15, 0.2) is 91.0 Å². The average molecular weight is 478 g/mol. The van der Waals surface area contributed by atoms with Crippen LogP contribution in [0.3, 0.4) is 0 Å². The number of fused-ring (bicyclic) bond motifs is 5. The number of hydrogen-bond acceptors (Lipinski definition) is 5. The first-order chi connectivity index (χ1) is 17.7. The molecule has 0 radical (unpaired) electrons. The summed E-state index contributed by atoms with van der Waals surface area (Å²) in [7, 11) is 4.92. The molecule has 36 heavy (non-hydrogen) atoms. The lowest BCUT2D eigenvalue weighted by atomic mass is 10.0. The van der Waals surface area contributed by atoms with Crippen molar-refractivity contribution in [1.82, 2.24) is 9.55 Å². The highest BCUT2D eigenvalue weighted by atomic mass is 16.5. The van der Waals surface area contributed by atoms with Gasteiger partial charge in [-0.1, -0.05) is 54.6 Å². The summed E-state index contributed by atoms with van der Waals surface area (Å²) in [5.41, 5.74) is 6.49. The Morgan fingerprint density at radius 2 is 1.42 bits per heavy atom. The summed E-state index contributed by atoms with van der Waals surface area (Å²) in [4.78, 5) is 7.50. The number of ether oxygens (including phenoxy) is 3. The van der Waals surface area contributed by atoms with Crippen LogP contribution >= 0.6 is 0 Å². The summed E-state index contributed by atoms with van der Waals surface area (Å²) in [6.07, 6.45) is -0.198. The summed E-state index contributed by atoms with van der Waals surface area (Å²) < 4.78 is 19.4. The maximum atomic E-state index is 5.74. The van der Waals surface area contributed by atoms with Gasteiger partial charge in [0.25, 0.3) is 0 Å². The molecule has 2 heterocycles. The van der Waals surface area contributed by atoms with Crippen LogP contribution in [0.4, 0.5) is 5.69 Å². The van der Waals surface area contributed by atoms with Gasteiger partial charge in [-0.15, -0.1) is 0 Å². The van der Waals surface area contributed by atoms with Gasteiger partial charge in [-0.05, 0) is 42.0 Å². The standard InChI is InChI=1S/C30H27N3O3/c1-34-26-17-21(18-27(35-2)28(26)36-3)30-32(19-20-11-5-4-6-12-20)24-15-9-7-13-22(24)29-31-23-14-8-10-16-25(23)33(29)30/h4-18,30H,19H2,1-3H3/t30-/m1/s1. The quantitative estimate of drug-likeness (QED) is 0.287. The zero-order valence-electron chi connectivity index (χ0n) is 20.5. The van der Waals surface area contributed by atoms with Crippen LogP contribution in [0.5, 0.6) is 17.2 Å².